The zero-order valence-corrected chi connectivity index (χ0v) is 15.0. The Balaban J connectivity index is 2.91. The number of hydrogen-bond acceptors (Lipinski definition) is 5. The molecule has 6 nitrogen and oxygen atoms in total. The Kier molecular flexibility index (Phi) is 8.68. The molecule has 0 aliphatic carbocycles. The summed E-state index contributed by atoms with van der Waals surface area (Å²) in [6.07, 6.45) is 2.02. The van der Waals surface area contributed by atoms with Crippen molar-refractivity contribution in [3.63, 3.8) is 0 Å². The molecule has 0 saturated carbocycles. The second-order valence-corrected chi connectivity index (χ2v) is 5.30. The van der Waals surface area contributed by atoms with Gasteiger partial charge in [-0.3, -0.25) is 9.59 Å². The Morgan fingerprint density at radius 1 is 1.00 bits per heavy atom. The first-order valence-corrected chi connectivity index (χ1v) is 8.23. The van der Waals surface area contributed by atoms with Gasteiger partial charge in [0.1, 0.15) is 11.5 Å². The third-order valence-electron chi connectivity index (χ3n) is 3.56. The van der Waals surface area contributed by atoms with Crippen molar-refractivity contribution >= 4 is 11.9 Å². The second kappa shape index (κ2) is 10.5. The summed E-state index contributed by atoms with van der Waals surface area (Å²) in [6, 6.07) is 5.06. The van der Waals surface area contributed by atoms with Crippen molar-refractivity contribution in [1.82, 2.24) is 4.90 Å². The van der Waals surface area contributed by atoms with Gasteiger partial charge < -0.3 is 19.1 Å². The van der Waals surface area contributed by atoms with Gasteiger partial charge in [-0.2, -0.15) is 0 Å². The van der Waals surface area contributed by atoms with Gasteiger partial charge in [0.2, 0.25) is 0 Å². The topological polar surface area (TPSA) is 65.1 Å². The average molecular weight is 337 g/mol. The SMILES string of the molecule is CCCCN(CCC(=O)OCC)C(=O)c1cc(OC)cc(OC)c1. The Bertz CT molecular complexity index is 522. The maximum atomic E-state index is 12.8. The first kappa shape index (κ1) is 19.8. The lowest BCUT2D eigenvalue weighted by atomic mass is 10.1. The molecule has 134 valence electrons. The van der Waals surface area contributed by atoms with Crippen molar-refractivity contribution in [3.8, 4) is 11.5 Å². The van der Waals surface area contributed by atoms with E-state index in [4.69, 9.17) is 14.2 Å². The molecule has 1 amide bonds. The van der Waals surface area contributed by atoms with Crippen molar-refractivity contribution in [1.29, 1.82) is 0 Å². The van der Waals surface area contributed by atoms with Crippen LogP contribution in [0.3, 0.4) is 0 Å². The molecule has 1 aromatic rings. The number of rotatable bonds is 10. The Morgan fingerprint density at radius 3 is 2.12 bits per heavy atom. The molecule has 0 radical (unpaired) electrons. The Hall–Kier alpha value is -2.24. The molecule has 0 unspecified atom stereocenters. The quantitative estimate of drug-likeness (QED) is 0.614. The number of unbranched alkanes of at least 4 members (excludes halogenated alkanes) is 1. The molecule has 24 heavy (non-hydrogen) atoms. The van der Waals surface area contributed by atoms with E-state index in [0.717, 1.165) is 12.8 Å². The summed E-state index contributed by atoms with van der Waals surface area (Å²) in [7, 11) is 3.08. The lowest BCUT2D eigenvalue weighted by molar-refractivity contribution is -0.143. The third kappa shape index (κ3) is 6.10. The molecule has 0 heterocycles. The number of methoxy groups -OCH3 is 2. The fraction of sp³-hybridized carbons (Fsp3) is 0.556. The number of esters is 1. The van der Waals surface area contributed by atoms with E-state index < -0.39 is 0 Å². The van der Waals surface area contributed by atoms with E-state index in [1.807, 2.05) is 0 Å². The zero-order valence-electron chi connectivity index (χ0n) is 15.0. The molecule has 0 aliphatic rings. The average Bonchev–Trinajstić information content (AvgIpc) is 2.61. The van der Waals surface area contributed by atoms with Crippen molar-refractivity contribution in [2.75, 3.05) is 33.9 Å². The van der Waals surface area contributed by atoms with Gasteiger partial charge in [0, 0.05) is 24.7 Å². The van der Waals surface area contributed by atoms with E-state index in [1.54, 1.807) is 44.2 Å². The minimum absolute atomic E-state index is 0.148. The first-order chi connectivity index (χ1) is 11.5. The van der Waals surface area contributed by atoms with Crippen LogP contribution in [0, 0.1) is 0 Å². The number of carbonyl (C=O) groups is 2. The summed E-state index contributed by atoms with van der Waals surface area (Å²) in [5.41, 5.74) is 0.478. The molecule has 0 saturated heterocycles. The molecule has 1 aromatic carbocycles. The van der Waals surface area contributed by atoms with Crippen molar-refractivity contribution < 1.29 is 23.8 Å². The third-order valence-corrected chi connectivity index (χ3v) is 3.56. The van der Waals surface area contributed by atoms with Crippen LogP contribution in [-0.2, 0) is 9.53 Å². The molecule has 0 aliphatic heterocycles. The summed E-state index contributed by atoms with van der Waals surface area (Å²) < 4.78 is 15.4. The van der Waals surface area contributed by atoms with Gasteiger partial charge in [0.05, 0.1) is 27.2 Å². The number of ether oxygens (including phenoxy) is 3. The molecule has 0 atom stereocenters. The van der Waals surface area contributed by atoms with Crippen molar-refractivity contribution in [2.45, 2.75) is 33.1 Å². The highest BCUT2D eigenvalue weighted by Gasteiger charge is 2.18. The predicted molar refractivity (Wildman–Crippen MR) is 91.6 cm³/mol. The number of nitrogens with zero attached hydrogens (tertiary/aromatic N) is 1. The van der Waals surface area contributed by atoms with Gasteiger partial charge in [-0.25, -0.2) is 0 Å². The van der Waals surface area contributed by atoms with Crippen LogP contribution in [-0.4, -0.2) is 50.7 Å². The highest BCUT2D eigenvalue weighted by atomic mass is 16.5. The molecule has 0 N–H and O–H groups in total. The van der Waals surface area contributed by atoms with Gasteiger partial charge in [-0.1, -0.05) is 13.3 Å². The van der Waals surface area contributed by atoms with Gasteiger partial charge in [-0.15, -0.1) is 0 Å². The summed E-state index contributed by atoms with van der Waals surface area (Å²) in [4.78, 5) is 26.1. The fourth-order valence-electron chi connectivity index (χ4n) is 2.24. The van der Waals surface area contributed by atoms with Gasteiger partial charge in [0.15, 0.2) is 0 Å². The number of amides is 1. The minimum atomic E-state index is -0.296. The summed E-state index contributed by atoms with van der Waals surface area (Å²) in [5, 5.41) is 0. The Labute approximate surface area is 143 Å². The van der Waals surface area contributed by atoms with Gasteiger partial charge in [-0.05, 0) is 25.5 Å². The van der Waals surface area contributed by atoms with Crippen LogP contribution in [0.2, 0.25) is 0 Å². The number of benzene rings is 1. The highest BCUT2D eigenvalue weighted by molar-refractivity contribution is 5.95. The van der Waals surface area contributed by atoms with E-state index in [2.05, 4.69) is 6.92 Å². The monoisotopic (exact) mass is 337 g/mol. The van der Waals surface area contributed by atoms with Crippen LogP contribution >= 0.6 is 0 Å². The lowest BCUT2D eigenvalue weighted by Crippen LogP contribution is -2.34. The summed E-state index contributed by atoms with van der Waals surface area (Å²) >= 11 is 0. The van der Waals surface area contributed by atoms with Gasteiger partial charge >= 0.3 is 5.97 Å². The standard InChI is InChI=1S/C18H27NO5/c1-5-7-9-19(10-8-17(20)24-6-2)18(21)14-11-15(22-3)13-16(12-14)23-4/h11-13H,5-10H2,1-4H3. The maximum absolute atomic E-state index is 12.8. The molecule has 0 spiro atoms. The van der Waals surface area contributed by atoms with Gasteiger partial charge in [0.25, 0.3) is 5.91 Å². The largest absolute Gasteiger partial charge is 0.497 e. The second-order valence-electron chi connectivity index (χ2n) is 5.30. The summed E-state index contributed by atoms with van der Waals surface area (Å²) in [5.74, 6) is 0.664. The van der Waals surface area contributed by atoms with Crippen LogP contribution in [0.25, 0.3) is 0 Å². The van der Waals surface area contributed by atoms with Crippen molar-refractivity contribution in [3.05, 3.63) is 23.8 Å². The van der Waals surface area contributed by atoms with E-state index in [-0.39, 0.29) is 18.3 Å². The minimum Gasteiger partial charge on any atom is -0.497 e. The maximum Gasteiger partial charge on any atom is 0.307 e. The predicted octanol–water partition coefficient (Wildman–Crippen LogP) is 2.90. The molecule has 0 aromatic heterocycles. The van der Waals surface area contributed by atoms with E-state index in [0.29, 0.717) is 36.8 Å². The lowest BCUT2D eigenvalue weighted by Gasteiger charge is -2.22. The smallest absolute Gasteiger partial charge is 0.307 e. The van der Waals surface area contributed by atoms with E-state index in [9.17, 15) is 9.59 Å². The molecular weight excluding hydrogens is 310 g/mol. The molecular formula is C18H27NO5. The van der Waals surface area contributed by atoms with E-state index in [1.165, 1.54) is 0 Å². The first-order valence-electron chi connectivity index (χ1n) is 8.23. The zero-order chi connectivity index (χ0) is 17.9. The summed E-state index contributed by atoms with van der Waals surface area (Å²) in [6.45, 7) is 5.09. The van der Waals surface area contributed by atoms with Crippen LogP contribution in [0.15, 0.2) is 18.2 Å². The number of carbonyl (C=O) groups excluding carboxylic acids is 2. The van der Waals surface area contributed by atoms with E-state index >= 15 is 0 Å². The highest BCUT2D eigenvalue weighted by Crippen LogP contribution is 2.23. The van der Waals surface area contributed by atoms with Crippen molar-refractivity contribution in [2.24, 2.45) is 0 Å². The molecule has 0 fully saturated rings. The normalized spacial score (nSPS) is 10.2. The molecule has 6 heteroatoms. The Morgan fingerprint density at radius 2 is 1.62 bits per heavy atom. The van der Waals surface area contributed by atoms with Crippen LogP contribution in [0.4, 0.5) is 0 Å². The van der Waals surface area contributed by atoms with Crippen LogP contribution < -0.4 is 9.47 Å². The molecule has 0 bridgehead atoms. The van der Waals surface area contributed by atoms with Crippen LogP contribution in [0.5, 0.6) is 11.5 Å². The number of hydrogen-bond donors (Lipinski definition) is 0. The molecule has 1 rings (SSSR count). The van der Waals surface area contributed by atoms with Crippen LogP contribution in [0.1, 0.15) is 43.5 Å². The fourth-order valence-corrected chi connectivity index (χ4v) is 2.24.